The van der Waals surface area contributed by atoms with Crippen molar-refractivity contribution in [2.45, 2.75) is 25.8 Å². The number of benzene rings is 1. The molecule has 2 unspecified atom stereocenters. The molecule has 0 saturated heterocycles. The molecule has 4 nitrogen and oxygen atoms in total. The minimum Gasteiger partial charge on any atom is -0.480 e. The van der Waals surface area contributed by atoms with Gasteiger partial charge in [0.25, 0.3) is 0 Å². The lowest BCUT2D eigenvalue weighted by Gasteiger charge is -2.39. The van der Waals surface area contributed by atoms with Gasteiger partial charge in [-0.2, -0.15) is 0 Å². The van der Waals surface area contributed by atoms with Gasteiger partial charge in [-0.25, -0.2) is 0 Å². The lowest BCUT2D eigenvalue weighted by Crippen LogP contribution is -2.57. The standard InChI is InChI=1S/C15H22N2O2/c1-11-8-12-6-4-5-7-13(12)17(9-11)10-15(2,16-3)14(18)19/h4-7,11,16H,8-10H2,1-3H3,(H,18,19). The first-order chi connectivity index (χ1) is 8.96. The Morgan fingerprint density at radius 1 is 1.53 bits per heavy atom. The van der Waals surface area contributed by atoms with Crippen molar-refractivity contribution >= 4 is 11.7 Å². The van der Waals surface area contributed by atoms with Crippen LogP contribution < -0.4 is 10.2 Å². The number of nitrogens with zero attached hydrogens (tertiary/aromatic N) is 1. The summed E-state index contributed by atoms with van der Waals surface area (Å²) in [4.78, 5) is 13.6. The maximum atomic E-state index is 11.4. The molecular formula is C15H22N2O2. The number of nitrogens with one attached hydrogen (secondary N) is 1. The molecule has 0 bridgehead atoms. The van der Waals surface area contributed by atoms with E-state index in [4.69, 9.17) is 0 Å². The highest BCUT2D eigenvalue weighted by molar-refractivity contribution is 5.79. The zero-order valence-corrected chi connectivity index (χ0v) is 11.8. The van der Waals surface area contributed by atoms with Crippen LogP contribution in [0.25, 0.3) is 0 Å². The molecule has 2 rings (SSSR count). The molecule has 0 amide bonds. The summed E-state index contributed by atoms with van der Waals surface area (Å²) >= 11 is 0. The van der Waals surface area contributed by atoms with Gasteiger partial charge in [-0.1, -0.05) is 25.1 Å². The van der Waals surface area contributed by atoms with E-state index < -0.39 is 11.5 Å². The minimum absolute atomic E-state index is 0.472. The van der Waals surface area contributed by atoms with Gasteiger partial charge in [-0.05, 0) is 37.9 Å². The average Bonchev–Trinajstić information content (AvgIpc) is 2.38. The van der Waals surface area contributed by atoms with Crippen LogP contribution in [0.15, 0.2) is 24.3 Å². The number of hydrogen-bond donors (Lipinski definition) is 2. The fraction of sp³-hybridized carbons (Fsp3) is 0.533. The quantitative estimate of drug-likeness (QED) is 0.868. The predicted molar refractivity (Wildman–Crippen MR) is 76.6 cm³/mol. The van der Waals surface area contributed by atoms with Crippen molar-refractivity contribution in [3.63, 3.8) is 0 Å². The molecule has 0 radical (unpaired) electrons. The molecule has 19 heavy (non-hydrogen) atoms. The summed E-state index contributed by atoms with van der Waals surface area (Å²) in [7, 11) is 1.70. The summed E-state index contributed by atoms with van der Waals surface area (Å²) in [6, 6.07) is 8.28. The number of aliphatic carboxylic acids is 1. The smallest absolute Gasteiger partial charge is 0.325 e. The highest BCUT2D eigenvalue weighted by atomic mass is 16.4. The molecule has 0 spiro atoms. The van der Waals surface area contributed by atoms with Crippen LogP contribution in [-0.4, -0.2) is 36.8 Å². The van der Waals surface area contributed by atoms with Crippen LogP contribution >= 0.6 is 0 Å². The number of carbonyl (C=O) groups is 1. The third-order valence-corrected chi connectivity index (χ3v) is 3.96. The Morgan fingerprint density at radius 3 is 2.84 bits per heavy atom. The second-order valence-corrected chi connectivity index (χ2v) is 5.71. The van der Waals surface area contributed by atoms with Crippen LogP contribution in [0.3, 0.4) is 0 Å². The number of rotatable bonds is 4. The van der Waals surface area contributed by atoms with Crippen molar-refractivity contribution in [3.8, 4) is 0 Å². The van der Waals surface area contributed by atoms with Gasteiger partial charge < -0.3 is 15.3 Å². The van der Waals surface area contributed by atoms with Gasteiger partial charge in [-0.3, -0.25) is 4.79 Å². The molecule has 1 aromatic rings. The predicted octanol–water partition coefficient (Wildman–Crippen LogP) is 1.75. The largest absolute Gasteiger partial charge is 0.480 e. The van der Waals surface area contributed by atoms with Gasteiger partial charge in [0.1, 0.15) is 5.54 Å². The highest BCUT2D eigenvalue weighted by Gasteiger charge is 2.35. The molecule has 0 aromatic heterocycles. The Kier molecular flexibility index (Phi) is 3.80. The number of likely N-dealkylation sites (N-methyl/N-ethyl adjacent to an activating group) is 1. The van der Waals surface area contributed by atoms with Crippen molar-refractivity contribution < 1.29 is 9.90 Å². The normalized spacial score (nSPS) is 21.6. The van der Waals surface area contributed by atoms with E-state index in [1.807, 2.05) is 12.1 Å². The van der Waals surface area contributed by atoms with Crippen molar-refractivity contribution in [3.05, 3.63) is 29.8 Å². The van der Waals surface area contributed by atoms with E-state index in [-0.39, 0.29) is 0 Å². The van der Waals surface area contributed by atoms with Gasteiger partial charge in [0.05, 0.1) is 0 Å². The molecule has 2 N–H and O–H groups in total. The van der Waals surface area contributed by atoms with E-state index in [1.165, 1.54) is 11.3 Å². The van der Waals surface area contributed by atoms with E-state index in [0.29, 0.717) is 12.5 Å². The third-order valence-electron chi connectivity index (χ3n) is 3.96. The second-order valence-electron chi connectivity index (χ2n) is 5.71. The number of anilines is 1. The van der Waals surface area contributed by atoms with E-state index in [0.717, 1.165) is 13.0 Å². The summed E-state index contributed by atoms with van der Waals surface area (Å²) < 4.78 is 0. The van der Waals surface area contributed by atoms with Gasteiger partial charge in [0, 0.05) is 18.8 Å². The zero-order valence-electron chi connectivity index (χ0n) is 11.8. The fourth-order valence-electron chi connectivity index (χ4n) is 2.69. The fourth-order valence-corrected chi connectivity index (χ4v) is 2.69. The summed E-state index contributed by atoms with van der Waals surface area (Å²) in [5.41, 5.74) is 1.55. The van der Waals surface area contributed by atoms with Crippen LogP contribution in [0.1, 0.15) is 19.4 Å². The lowest BCUT2D eigenvalue weighted by atomic mass is 9.92. The molecule has 0 saturated carbocycles. The molecule has 1 aliphatic rings. The van der Waals surface area contributed by atoms with Crippen LogP contribution in [0.2, 0.25) is 0 Å². The van der Waals surface area contributed by atoms with E-state index in [2.05, 4.69) is 29.3 Å². The topological polar surface area (TPSA) is 52.6 Å². The van der Waals surface area contributed by atoms with Crippen LogP contribution in [0.4, 0.5) is 5.69 Å². The van der Waals surface area contributed by atoms with E-state index >= 15 is 0 Å². The number of carboxylic acid groups (broad SMARTS) is 1. The molecular weight excluding hydrogens is 240 g/mol. The third kappa shape index (κ3) is 2.73. The van der Waals surface area contributed by atoms with Crippen molar-refractivity contribution in [2.24, 2.45) is 5.92 Å². The Bertz CT molecular complexity index is 475. The maximum Gasteiger partial charge on any atom is 0.325 e. The molecule has 1 heterocycles. The first-order valence-corrected chi connectivity index (χ1v) is 6.71. The van der Waals surface area contributed by atoms with Crippen LogP contribution in [0, 0.1) is 5.92 Å². The molecule has 1 aliphatic heterocycles. The van der Waals surface area contributed by atoms with Crippen molar-refractivity contribution in [1.29, 1.82) is 0 Å². The van der Waals surface area contributed by atoms with Crippen LogP contribution in [-0.2, 0) is 11.2 Å². The first-order valence-electron chi connectivity index (χ1n) is 6.71. The van der Waals surface area contributed by atoms with Gasteiger partial charge in [-0.15, -0.1) is 0 Å². The van der Waals surface area contributed by atoms with Crippen LogP contribution in [0.5, 0.6) is 0 Å². The van der Waals surface area contributed by atoms with E-state index in [1.54, 1.807) is 14.0 Å². The van der Waals surface area contributed by atoms with Gasteiger partial charge >= 0.3 is 5.97 Å². The van der Waals surface area contributed by atoms with E-state index in [9.17, 15) is 9.90 Å². The monoisotopic (exact) mass is 262 g/mol. The summed E-state index contributed by atoms with van der Waals surface area (Å²) in [6.07, 6.45) is 1.07. The molecule has 0 aliphatic carbocycles. The summed E-state index contributed by atoms with van der Waals surface area (Å²) in [5.74, 6) is -0.268. The Morgan fingerprint density at radius 2 is 2.21 bits per heavy atom. The maximum absolute atomic E-state index is 11.4. The molecule has 0 fully saturated rings. The minimum atomic E-state index is -0.926. The molecule has 104 valence electrons. The molecule has 1 aromatic carbocycles. The Hall–Kier alpha value is -1.55. The number of para-hydroxylation sites is 1. The van der Waals surface area contributed by atoms with Crippen molar-refractivity contribution in [2.75, 3.05) is 25.0 Å². The Balaban J connectivity index is 2.28. The SMILES string of the molecule is CNC(C)(CN1CC(C)Cc2ccccc21)C(=O)O. The summed E-state index contributed by atoms with van der Waals surface area (Å²) in [5, 5.41) is 12.3. The van der Waals surface area contributed by atoms with Gasteiger partial charge in [0.15, 0.2) is 0 Å². The number of carboxylic acids is 1. The molecule has 4 heteroatoms. The highest BCUT2D eigenvalue weighted by Crippen LogP contribution is 2.30. The number of hydrogen-bond acceptors (Lipinski definition) is 3. The Labute approximate surface area is 114 Å². The van der Waals surface area contributed by atoms with Crippen molar-refractivity contribution in [1.82, 2.24) is 5.32 Å². The second kappa shape index (κ2) is 5.21. The lowest BCUT2D eigenvalue weighted by molar-refractivity contribution is -0.143. The average molecular weight is 262 g/mol. The number of fused-ring (bicyclic) bond motifs is 1. The summed E-state index contributed by atoms with van der Waals surface area (Å²) in [6.45, 7) is 5.32. The zero-order chi connectivity index (χ0) is 14.0. The van der Waals surface area contributed by atoms with Gasteiger partial charge in [0.2, 0.25) is 0 Å². The molecule has 2 atom stereocenters. The first kappa shape index (κ1) is 13.9.